The fourth-order valence-corrected chi connectivity index (χ4v) is 6.59. The number of pyridine rings is 1. The molecule has 0 spiro atoms. The summed E-state index contributed by atoms with van der Waals surface area (Å²) in [4.78, 5) is 0. The molecule has 1 aromatic heterocycles. The van der Waals surface area contributed by atoms with Gasteiger partial charge in [0.15, 0.2) is 12.4 Å². The van der Waals surface area contributed by atoms with E-state index in [2.05, 4.69) is 116 Å². The Labute approximate surface area is 280 Å². The predicted octanol–water partition coefficient (Wildman–Crippen LogP) is 9.94. The summed E-state index contributed by atoms with van der Waals surface area (Å²) in [5.74, 6) is 2.74. The van der Waals surface area contributed by atoms with E-state index in [1.54, 1.807) is 21.3 Å². The molecule has 1 heterocycles. The summed E-state index contributed by atoms with van der Waals surface area (Å²) >= 11 is 0. The maximum atomic E-state index is 5.43. The first-order valence-corrected chi connectivity index (χ1v) is 17.6. The molecule has 4 nitrogen and oxygen atoms in total. The number of aromatic nitrogens is 1. The average molecular weight is 624 g/mol. The molecule has 0 bridgehead atoms. The molecule has 0 aliphatic carbocycles. The third kappa shape index (κ3) is 13.3. The van der Waals surface area contributed by atoms with Gasteiger partial charge >= 0.3 is 0 Å². The van der Waals surface area contributed by atoms with E-state index in [4.69, 9.17) is 14.2 Å². The van der Waals surface area contributed by atoms with Crippen molar-refractivity contribution < 1.29 is 18.8 Å². The average Bonchev–Trinajstić information content (AvgIpc) is 3.10. The second-order valence-corrected chi connectivity index (χ2v) is 12.9. The number of nitrogens with zero attached hydrogens (tertiary/aromatic N) is 1. The number of ether oxygens (including phenoxy) is 3. The minimum absolute atomic E-state index is 0.744. The van der Waals surface area contributed by atoms with Crippen LogP contribution in [0.5, 0.6) is 17.2 Å². The van der Waals surface area contributed by atoms with Crippen molar-refractivity contribution in [1.82, 2.24) is 0 Å². The highest BCUT2D eigenvalue weighted by molar-refractivity contribution is 6.78. The minimum Gasteiger partial charge on any atom is -0.497 e. The standard InChI is InChI=1S/C32H44BO3.C9H14N/c1-5-6-7-8-9-10-23-33(24-27-11-17-30(34-2)18-12-27,25-28-13-19-31(35-3)20-14-28)26-29-15-21-32(36-4)22-16-29;1-2-3-7-10-8-5-4-6-9-10/h11-22H,5-10,23-26H2,1-4H3;4-6,8-9H,2-3,7H2,1H3/q-1;+1. The van der Waals surface area contributed by atoms with Gasteiger partial charge in [-0.25, -0.2) is 4.57 Å². The minimum atomic E-state index is -0.744. The fraction of sp³-hybridized carbons (Fsp3) is 0.439. The van der Waals surface area contributed by atoms with Gasteiger partial charge in [-0.15, -0.1) is 0 Å². The molecule has 0 aliphatic rings. The first-order valence-electron chi connectivity index (χ1n) is 17.6. The molecule has 0 atom stereocenters. The predicted molar refractivity (Wildman–Crippen MR) is 196 cm³/mol. The maximum absolute atomic E-state index is 5.43. The van der Waals surface area contributed by atoms with Crippen LogP contribution >= 0.6 is 0 Å². The molecule has 0 radical (unpaired) electrons. The van der Waals surface area contributed by atoms with Crippen LogP contribution in [0.25, 0.3) is 0 Å². The van der Waals surface area contributed by atoms with Gasteiger partial charge in [-0.3, -0.25) is 0 Å². The van der Waals surface area contributed by atoms with Gasteiger partial charge < -0.3 is 14.2 Å². The maximum Gasteiger partial charge on any atom is 0.168 e. The lowest BCUT2D eigenvalue weighted by molar-refractivity contribution is -0.697. The van der Waals surface area contributed by atoms with E-state index < -0.39 is 6.15 Å². The Bertz CT molecular complexity index is 1200. The van der Waals surface area contributed by atoms with Gasteiger partial charge in [0.05, 0.1) is 21.3 Å². The van der Waals surface area contributed by atoms with Gasteiger partial charge in [0, 0.05) is 24.7 Å². The number of hydrogen-bond donors (Lipinski definition) is 0. The molecule has 46 heavy (non-hydrogen) atoms. The number of benzene rings is 3. The number of methoxy groups -OCH3 is 3. The quantitative estimate of drug-likeness (QED) is 0.0592. The zero-order chi connectivity index (χ0) is 32.9. The normalized spacial score (nSPS) is 11.0. The number of hydrogen-bond acceptors (Lipinski definition) is 3. The van der Waals surface area contributed by atoms with Gasteiger partial charge in [0.25, 0.3) is 0 Å². The SMILES string of the molecule is CCCCCCCC[B-](Cc1ccc(OC)cc1)(Cc1ccc(OC)cc1)Cc1ccc(OC)cc1.CCCC[n+]1ccccc1. The summed E-state index contributed by atoms with van der Waals surface area (Å²) in [5, 5.41) is 0. The van der Waals surface area contributed by atoms with Crippen LogP contribution in [0.3, 0.4) is 0 Å². The first-order chi connectivity index (χ1) is 22.5. The van der Waals surface area contributed by atoms with Crippen LogP contribution in [0.15, 0.2) is 103 Å². The van der Waals surface area contributed by atoms with Gasteiger partial charge in [-0.1, -0.05) is 118 Å². The molecule has 248 valence electrons. The molecule has 0 N–H and O–H groups in total. The van der Waals surface area contributed by atoms with Crippen molar-refractivity contribution >= 4 is 6.15 Å². The third-order valence-electron chi connectivity index (χ3n) is 9.20. The van der Waals surface area contributed by atoms with E-state index in [0.717, 1.165) is 42.8 Å². The van der Waals surface area contributed by atoms with E-state index >= 15 is 0 Å². The lowest BCUT2D eigenvalue weighted by Gasteiger charge is -2.41. The van der Waals surface area contributed by atoms with Gasteiger partial charge in [0.1, 0.15) is 23.8 Å². The first kappa shape index (κ1) is 36.7. The Morgan fingerprint density at radius 3 is 1.26 bits per heavy atom. The van der Waals surface area contributed by atoms with Crippen molar-refractivity contribution in [2.24, 2.45) is 0 Å². The molecule has 4 aromatic rings. The second-order valence-electron chi connectivity index (χ2n) is 12.9. The molecule has 5 heteroatoms. The van der Waals surface area contributed by atoms with Gasteiger partial charge in [-0.2, -0.15) is 25.3 Å². The second kappa shape index (κ2) is 21.1. The van der Waals surface area contributed by atoms with E-state index in [1.165, 1.54) is 74.4 Å². The molecule has 0 amide bonds. The van der Waals surface area contributed by atoms with Crippen LogP contribution in [0.4, 0.5) is 0 Å². The van der Waals surface area contributed by atoms with Crippen molar-refractivity contribution in [3.05, 3.63) is 120 Å². The zero-order valence-corrected chi connectivity index (χ0v) is 29.3. The Hall–Kier alpha value is -3.73. The highest BCUT2D eigenvalue weighted by Crippen LogP contribution is 2.30. The Morgan fingerprint density at radius 1 is 0.478 bits per heavy atom. The molecule has 0 unspecified atom stereocenters. The summed E-state index contributed by atoms with van der Waals surface area (Å²) in [6.07, 6.45) is 18.5. The van der Waals surface area contributed by atoms with E-state index in [-0.39, 0.29) is 0 Å². The highest BCUT2D eigenvalue weighted by Gasteiger charge is 2.26. The van der Waals surface area contributed by atoms with Gasteiger partial charge in [0.2, 0.25) is 0 Å². The van der Waals surface area contributed by atoms with Crippen LogP contribution < -0.4 is 18.8 Å². The molecular formula is C41H58BNO3. The van der Waals surface area contributed by atoms with Crippen LogP contribution in [0, 0.1) is 0 Å². The molecule has 0 fully saturated rings. The monoisotopic (exact) mass is 623 g/mol. The van der Waals surface area contributed by atoms with Crippen molar-refractivity contribution in [3.8, 4) is 17.2 Å². The zero-order valence-electron chi connectivity index (χ0n) is 29.3. The summed E-state index contributed by atoms with van der Waals surface area (Å²) < 4.78 is 18.5. The summed E-state index contributed by atoms with van der Waals surface area (Å²) in [6, 6.07) is 32.3. The lowest BCUT2D eigenvalue weighted by Crippen LogP contribution is -2.43. The Kier molecular flexibility index (Phi) is 16.9. The van der Waals surface area contributed by atoms with Crippen molar-refractivity contribution in [1.29, 1.82) is 0 Å². The molecular weight excluding hydrogens is 565 g/mol. The Morgan fingerprint density at radius 2 is 0.870 bits per heavy atom. The largest absolute Gasteiger partial charge is 0.497 e. The van der Waals surface area contributed by atoms with Gasteiger partial charge in [-0.05, 0) is 36.4 Å². The van der Waals surface area contributed by atoms with Crippen LogP contribution in [-0.4, -0.2) is 27.5 Å². The van der Waals surface area contributed by atoms with Crippen LogP contribution in [0.2, 0.25) is 6.32 Å². The van der Waals surface area contributed by atoms with E-state index in [0.29, 0.717) is 0 Å². The molecule has 0 aliphatic heterocycles. The lowest BCUT2D eigenvalue weighted by atomic mass is 9.16. The highest BCUT2D eigenvalue weighted by atomic mass is 16.5. The topological polar surface area (TPSA) is 31.6 Å². The summed E-state index contributed by atoms with van der Waals surface area (Å²) in [7, 11) is 5.19. The van der Waals surface area contributed by atoms with E-state index in [1.807, 2.05) is 6.07 Å². The molecule has 4 rings (SSSR count). The van der Waals surface area contributed by atoms with Crippen LogP contribution in [0.1, 0.15) is 81.9 Å². The van der Waals surface area contributed by atoms with Crippen molar-refractivity contribution in [2.75, 3.05) is 21.3 Å². The fourth-order valence-electron chi connectivity index (χ4n) is 6.59. The number of aryl methyl sites for hydroxylation is 1. The van der Waals surface area contributed by atoms with Crippen molar-refractivity contribution in [2.45, 2.75) is 97.0 Å². The smallest absolute Gasteiger partial charge is 0.168 e. The number of unbranched alkanes of at least 4 members (excludes halogenated alkanes) is 6. The van der Waals surface area contributed by atoms with Crippen molar-refractivity contribution in [3.63, 3.8) is 0 Å². The summed E-state index contributed by atoms with van der Waals surface area (Å²) in [6.45, 7) is 5.65. The molecule has 3 aromatic carbocycles. The molecule has 0 saturated carbocycles. The number of rotatable bonds is 19. The van der Waals surface area contributed by atoms with Crippen LogP contribution in [-0.2, 0) is 25.5 Å². The summed E-state index contributed by atoms with van der Waals surface area (Å²) in [5.41, 5.74) is 4.18. The van der Waals surface area contributed by atoms with E-state index in [9.17, 15) is 0 Å². The Balaban J connectivity index is 0.000000489. The third-order valence-corrected chi connectivity index (χ3v) is 9.20. The molecule has 0 saturated heterocycles.